The van der Waals surface area contributed by atoms with Gasteiger partial charge in [0, 0.05) is 10.6 Å². The molecule has 1 unspecified atom stereocenters. The van der Waals surface area contributed by atoms with E-state index in [2.05, 4.69) is 5.43 Å². The summed E-state index contributed by atoms with van der Waals surface area (Å²) in [5.41, 5.74) is 4.98. The van der Waals surface area contributed by atoms with Gasteiger partial charge in [0.2, 0.25) is 0 Å². The van der Waals surface area contributed by atoms with E-state index in [0.717, 1.165) is 34.1 Å². The molecule has 0 amide bonds. The molecule has 0 spiro atoms. The van der Waals surface area contributed by atoms with E-state index >= 15 is 0 Å². The minimum Gasteiger partial charge on any atom is -0.466 e. The van der Waals surface area contributed by atoms with Crippen LogP contribution in [-0.2, 0) is 6.42 Å². The monoisotopic (exact) mass is 264 g/mol. The molecule has 18 heavy (non-hydrogen) atoms. The SMILES string of the molecule is Cc1cc(C(Cc2ccccc2Cl)NN)c(C)o1. The molecule has 96 valence electrons. The summed E-state index contributed by atoms with van der Waals surface area (Å²) in [6, 6.07) is 9.80. The Kier molecular flexibility index (Phi) is 4.07. The van der Waals surface area contributed by atoms with Crippen LogP contribution in [0.15, 0.2) is 34.7 Å². The van der Waals surface area contributed by atoms with Crippen molar-refractivity contribution in [3.8, 4) is 0 Å². The second-order valence-corrected chi connectivity index (χ2v) is 4.79. The summed E-state index contributed by atoms with van der Waals surface area (Å²) in [5, 5.41) is 0.760. The van der Waals surface area contributed by atoms with Gasteiger partial charge in [0.05, 0.1) is 6.04 Å². The molecule has 3 N–H and O–H groups in total. The fraction of sp³-hybridized carbons (Fsp3) is 0.286. The van der Waals surface area contributed by atoms with Gasteiger partial charge in [0.1, 0.15) is 11.5 Å². The van der Waals surface area contributed by atoms with E-state index in [4.69, 9.17) is 21.9 Å². The molecule has 0 bridgehead atoms. The molecular formula is C14H17ClN2O. The van der Waals surface area contributed by atoms with E-state index in [9.17, 15) is 0 Å². The molecule has 4 heteroatoms. The van der Waals surface area contributed by atoms with Gasteiger partial charge in [0.25, 0.3) is 0 Å². The minimum absolute atomic E-state index is 0.00218. The van der Waals surface area contributed by atoms with Crippen LogP contribution in [0.4, 0.5) is 0 Å². The number of hydrogen-bond donors (Lipinski definition) is 2. The Morgan fingerprint density at radius 3 is 2.61 bits per heavy atom. The van der Waals surface area contributed by atoms with Crippen LogP contribution in [0.1, 0.15) is 28.7 Å². The number of benzene rings is 1. The van der Waals surface area contributed by atoms with Crippen molar-refractivity contribution in [2.75, 3.05) is 0 Å². The summed E-state index contributed by atoms with van der Waals surface area (Å²) in [4.78, 5) is 0. The molecule has 0 saturated carbocycles. The number of halogens is 1. The van der Waals surface area contributed by atoms with E-state index in [1.165, 1.54) is 0 Å². The third-order valence-corrected chi connectivity index (χ3v) is 3.41. The molecule has 0 aliphatic rings. The maximum absolute atomic E-state index is 6.17. The summed E-state index contributed by atoms with van der Waals surface area (Å²) in [7, 11) is 0. The second kappa shape index (κ2) is 5.57. The number of furan rings is 1. The van der Waals surface area contributed by atoms with Crippen LogP contribution < -0.4 is 11.3 Å². The zero-order valence-electron chi connectivity index (χ0n) is 10.5. The average molecular weight is 265 g/mol. The van der Waals surface area contributed by atoms with Crippen LogP contribution >= 0.6 is 11.6 Å². The van der Waals surface area contributed by atoms with Crippen LogP contribution in [0.5, 0.6) is 0 Å². The van der Waals surface area contributed by atoms with Crippen molar-refractivity contribution in [3.05, 3.63) is 58.0 Å². The summed E-state index contributed by atoms with van der Waals surface area (Å²) < 4.78 is 5.54. The van der Waals surface area contributed by atoms with Crippen molar-refractivity contribution in [1.82, 2.24) is 5.43 Å². The Bertz CT molecular complexity index is 536. The normalized spacial score (nSPS) is 12.7. The quantitative estimate of drug-likeness (QED) is 0.658. The number of hydrazine groups is 1. The first-order valence-electron chi connectivity index (χ1n) is 5.88. The number of aryl methyl sites for hydroxylation is 2. The van der Waals surface area contributed by atoms with Crippen molar-refractivity contribution in [2.24, 2.45) is 5.84 Å². The van der Waals surface area contributed by atoms with E-state index in [0.29, 0.717) is 0 Å². The van der Waals surface area contributed by atoms with Gasteiger partial charge >= 0.3 is 0 Å². The van der Waals surface area contributed by atoms with E-state index < -0.39 is 0 Å². The highest BCUT2D eigenvalue weighted by Gasteiger charge is 2.17. The topological polar surface area (TPSA) is 51.2 Å². The highest BCUT2D eigenvalue weighted by molar-refractivity contribution is 6.31. The number of nitrogens with one attached hydrogen (secondary N) is 1. The Labute approximate surface area is 112 Å². The number of rotatable bonds is 4. The van der Waals surface area contributed by atoms with Crippen LogP contribution in [0.3, 0.4) is 0 Å². The molecule has 1 aromatic carbocycles. The molecule has 0 fully saturated rings. The molecule has 1 heterocycles. The van der Waals surface area contributed by atoms with Crippen molar-refractivity contribution < 1.29 is 4.42 Å². The van der Waals surface area contributed by atoms with Gasteiger partial charge in [-0.3, -0.25) is 11.3 Å². The predicted octanol–water partition coefficient (Wildman–Crippen LogP) is 3.30. The van der Waals surface area contributed by atoms with Crippen LogP contribution in [0.25, 0.3) is 0 Å². The Balaban J connectivity index is 2.25. The summed E-state index contributed by atoms with van der Waals surface area (Å²) in [6.07, 6.45) is 0.732. The van der Waals surface area contributed by atoms with E-state index in [1.807, 2.05) is 44.2 Å². The summed E-state index contributed by atoms with van der Waals surface area (Å²) >= 11 is 6.17. The predicted molar refractivity (Wildman–Crippen MR) is 73.4 cm³/mol. The van der Waals surface area contributed by atoms with E-state index in [-0.39, 0.29) is 6.04 Å². The first kappa shape index (κ1) is 13.1. The Morgan fingerprint density at radius 1 is 1.33 bits per heavy atom. The van der Waals surface area contributed by atoms with Crippen LogP contribution in [0.2, 0.25) is 5.02 Å². The second-order valence-electron chi connectivity index (χ2n) is 4.38. The van der Waals surface area contributed by atoms with Gasteiger partial charge in [-0.25, -0.2) is 0 Å². The maximum Gasteiger partial charge on any atom is 0.105 e. The third kappa shape index (κ3) is 2.75. The largest absolute Gasteiger partial charge is 0.466 e. The van der Waals surface area contributed by atoms with E-state index in [1.54, 1.807) is 0 Å². The lowest BCUT2D eigenvalue weighted by Crippen LogP contribution is -2.29. The highest BCUT2D eigenvalue weighted by Crippen LogP contribution is 2.26. The van der Waals surface area contributed by atoms with Gasteiger partial charge in [-0.05, 0) is 38.0 Å². The van der Waals surface area contributed by atoms with Crippen LogP contribution in [0, 0.1) is 13.8 Å². The average Bonchev–Trinajstić information content (AvgIpc) is 2.67. The molecule has 0 aliphatic heterocycles. The lowest BCUT2D eigenvalue weighted by atomic mass is 9.99. The van der Waals surface area contributed by atoms with Crippen molar-refractivity contribution in [2.45, 2.75) is 26.3 Å². The Morgan fingerprint density at radius 2 is 2.06 bits per heavy atom. The molecule has 0 aliphatic carbocycles. The lowest BCUT2D eigenvalue weighted by Gasteiger charge is -2.16. The lowest BCUT2D eigenvalue weighted by molar-refractivity contribution is 0.484. The third-order valence-electron chi connectivity index (χ3n) is 3.04. The fourth-order valence-electron chi connectivity index (χ4n) is 2.14. The Hall–Kier alpha value is -1.29. The van der Waals surface area contributed by atoms with Crippen molar-refractivity contribution in [3.63, 3.8) is 0 Å². The zero-order valence-corrected chi connectivity index (χ0v) is 11.3. The van der Waals surface area contributed by atoms with Crippen LogP contribution in [-0.4, -0.2) is 0 Å². The molecule has 2 aromatic rings. The summed E-state index contributed by atoms with van der Waals surface area (Å²) in [6.45, 7) is 3.87. The first-order chi connectivity index (χ1) is 8.61. The molecule has 1 aromatic heterocycles. The standard InChI is InChI=1S/C14H17ClN2O/c1-9-7-12(10(2)18-9)14(17-16)8-11-5-3-4-6-13(11)15/h3-7,14,17H,8,16H2,1-2H3. The van der Waals surface area contributed by atoms with Crippen molar-refractivity contribution >= 4 is 11.6 Å². The zero-order chi connectivity index (χ0) is 13.1. The molecule has 0 radical (unpaired) electrons. The van der Waals surface area contributed by atoms with Crippen molar-refractivity contribution in [1.29, 1.82) is 0 Å². The molecule has 1 atom stereocenters. The smallest absolute Gasteiger partial charge is 0.105 e. The van der Waals surface area contributed by atoms with Gasteiger partial charge in [0.15, 0.2) is 0 Å². The number of nitrogens with two attached hydrogens (primary N) is 1. The van der Waals surface area contributed by atoms with Gasteiger partial charge < -0.3 is 4.42 Å². The first-order valence-corrected chi connectivity index (χ1v) is 6.26. The summed E-state index contributed by atoms with van der Waals surface area (Å²) in [5.74, 6) is 7.43. The van der Waals surface area contributed by atoms with Gasteiger partial charge in [-0.1, -0.05) is 29.8 Å². The number of hydrogen-bond acceptors (Lipinski definition) is 3. The minimum atomic E-state index is 0.00218. The molecule has 2 rings (SSSR count). The molecule has 0 saturated heterocycles. The highest BCUT2D eigenvalue weighted by atomic mass is 35.5. The van der Waals surface area contributed by atoms with Gasteiger partial charge in [-0.2, -0.15) is 0 Å². The maximum atomic E-state index is 6.17. The molecule has 3 nitrogen and oxygen atoms in total. The fourth-order valence-corrected chi connectivity index (χ4v) is 2.35. The molecular weight excluding hydrogens is 248 g/mol. The van der Waals surface area contributed by atoms with Gasteiger partial charge in [-0.15, -0.1) is 0 Å².